The summed E-state index contributed by atoms with van der Waals surface area (Å²) in [6.07, 6.45) is 1.61. The van der Waals surface area contributed by atoms with Gasteiger partial charge in [-0.05, 0) is 29.8 Å². The van der Waals surface area contributed by atoms with Gasteiger partial charge in [0, 0.05) is 12.1 Å². The van der Waals surface area contributed by atoms with E-state index in [2.05, 4.69) is 9.88 Å². The van der Waals surface area contributed by atoms with Gasteiger partial charge in [0.1, 0.15) is 5.75 Å². The lowest BCUT2D eigenvalue weighted by Crippen LogP contribution is -2.30. The summed E-state index contributed by atoms with van der Waals surface area (Å²) in [4.78, 5) is 6.40. The lowest BCUT2D eigenvalue weighted by Gasteiger charge is -2.32. The number of anilines is 1. The van der Waals surface area contributed by atoms with E-state index in [0.717, 1.165) is 22.6 Å². The fourth-order valence-electron chi connectivity index (χ4n) is 3.46. The van der Waals surface area contributed by atoms with Crippen LogP contribution in [0.25, 0.3) is 5.69 Å². The maximum atomic E-state index is 10.00. The summed E-state index contributed by atoms with van der Waals surface area (Å²) in [6.45, 7) is 1.21. The van der Waals surface area contributed by atoms with Crippen LogP contribution in [0.4, 0.5) is 5.95 Å². The number of aromatic hydroxyl groups is 1. The smallest absolute Gasteiger partial charge is 0.231 e. The van der Waals surface area contributed by atoms with Crippen LogP contribution >= 0.6 is 0 Å². The Balaban J connectivity index is 1.77. The van der Waals surface area contributed by atoms with Crippen molar-refractivity contribution < 1.29 is 19.3 Å². The van der Waals surface area contributed by atoms with Crippen molar-refractivity contribution in [1.82, 2.24) is 9.55 Å². The van der Waals surface area contributed by atoms with Gasteiger partial charge in [-0.25, -0.2) is 0 Å². The molecule has 1 aromatic heterocycles. The van der Waals surface area contributed by atoms with Crippen molar-refractivity contribution in [2.24, 2.45) is 0 Å². The zero-order chi connectivity index (χ0) is 19.0. The van der Waals surface area contributed by atoms with Crippen molar-refractivity contribution in [3.63, 3.8) is 0 Å². The predicted molar refractivity (Wildman–Crippen MR) is 101 cm³/mol. The molecule has 0 saturated heterocycles. The second-order valence-electron chi connectivity index (χ2n) is 6.27. The first-order valence-electron chi connectivity index (χ1n) is 8.55. The quantitative estimate of drug-likeness (QED) is 0.747. The molecule has 0 unspecified atom stereocenters. The molecule has 2 aromatic carbocycles. The van der Waals surface area contributed by atoms with Crippen molar-refractivity contribution in [3.05, 3.63) is 53.7 Å². The number of benzene rings is 2. The molecule has 3 aromatic rings. The molecular weight excluding hydrogens is 346 g/mol. The van der Waals surface area contributed by atoms with Crippen LogP contribution in [0.15, 0.2) is 42.6 Å². The van der Waals surface area contributed by atoms with Crippen LogP contribution in [0.5, 0.6) is 23.1 Å². The van der Waals surface area contributed by atoms with E-state index in [1.54, 1.807) is 27.5 Å². The van der Waals surface area contributed by atoms with Crippen molar-refractivity contribution in [3.8, 4) is 28.8 Å². The Hall–Kier alpha value is -3.35. The van der Waals surface area contributed by atoms with Crippen molar-refractivity contribution >= 4 is 5.95 Å². The van der Waals surface area contributed by atoms with Crippen LogP contribution in [0.2, 0.25) is 0 Å². The van der Waals surface area contributed by atoms with Gasteiger partial charge in [0.25, 0.3) is 0 Å². The van der Waals surface area contributed by atoms with Gasteiger partial charge in [0.15, 0.2) is 11.5 Å². The van der Waals surface area contributed by atoms with Gasteiger partial charge in [-0.2, -0.15) is 4.98 Å². The Bertz CT molecular complexity index is 966. The molecule has 0 saturated carbocycles. The minimum atomic E-state index is -0.0210. The van der Waals surface area contributed by atoms with Gasteiger partial charge >= 0.3 is 0 Å². The second kappa shape index (κ2) is 6.75. The first-order valence-corrected chi connectivity index (χ1v) is 8.55. The van der Waals surface area contributed by atoms with Gasteiger partial charge in [0.2, 0.25) is 11.8 Å². The van der Waals surface area contributed by atoms with Crippen LogP contribution in [0.3, 0.4) is 0 Å². The first kappa shape index (κ1) is 17.1. The normalized spacial score (nSPS) is 12.3. The minimum absolute atomic E-state index is 0.0210. The number of methoxy groups -OCH3 is 3. The van der Waals surface area contributed by atoms with Crippen LogP contribution in [-0.4, -0.2) is 36.0 Å². The SMILES string of the molecule is COc1ccc(CN2Cc3c(ccc(OC)c3OC)-n3cc(O)nc32)cc1. The van der Waals surface area contributed by atoms with Gasteiger partial charge in [-0.15, -0.1) is 0 Å². The summed E-state index contributed by atoms with van der Waals surface area (Å²) in [5.41, 5.74) is 3.01. The molecule has 7 nitrogen and oxygen atoms in total. The van der Waals surface area contributed by atoms with E-state index >= 15 is 0 Å². The third kappa shape index (κ3) is 2.91. The van der Waals surface area contributed by atoms with Gasteiger partial charge < -0.3 is 24.2 Å². The maximum Gasteiger partial charge on any atom is 0.231 e. The molecule has 4 rings (SSSR count). The molecule has 0 fully saturated rings. The molecule has 0 spiro atoms. The van der Waals surface area contributed by atoms with Crippen molar-refractivity contribution in [2.45, 2.75) is 13.1 Å². The third-order valence-electron chi connectivity index (χ3n) is 4.72. The molecule has 0 aliphatic carbocycles. The van der Waals surface area contributed by atoms with Crippen LogP contribution in [0.1, 0.15) is 11.1 Å². The number of hydrogen-bond acceptors (Lipinski definition) is 6. The van der Waals surface area contributed by atoms with Gasteiger partial charge in [-0.1, -0.05) is 12.1 Å². The van der Waals surface area contributed by atoms with E-state index in [4.69, 9.17) is 14.2 Å². The number of aromatic nitrogens is 2. The Morgan fingerprint density at radius 3 is 2.44 bits per heavy atom. The number of nitrogens with zero attached hydrogens (tertiary/aromatic N) is 3. The lowest BCUT2D eigenvalue weighted by atomic mass is 10.1. The Morgan fingerprint density at radius 1 is 1.00 bits per heavy atom. The number of rotatable bonds is 5. The van der Waals surface area contributed by atoms with Crippen LogP contribution in [0, 0.1) is 0 Å². The molecule has 7 heteroatoms. The summed E-state index contributed by atoms with van der Waals surface area (Å²) in [5, 5.41) is 10.00. The van der Waals surface area contributed by atoms with E-state index in [0.29, 0.717) is 30.5 Å². The molecule has 140 valence electrons. The molecule has 1 aliphatic rings. The summed E-state index contributed by atoms with van der Waals surface area (Å²) in [7, 11) is 4.90. The number of ether oxygens (including phenoxy) is 3. The minimum Gasteiger partial charge on any atom is -0.497 e. The topological polar surface area (TPSA) is 69.0 Å². The highest BCUT2D eigenvalue weighted by atomic mass is 16.5. The summed E-state index contributed by atoms with van der Waals surface area (Å²) in [5.74, 6) is 2.84. The Morgan fingerprint density at radius 2 is 1.78 bits per heavy atom. The largest absolute Gasteiger partial charge is 0.497 e. The number of imidazole rings is 1. The fourth-order valence-corrected chi connectivity index (χ4v) is 3.46. The van der Waals surface area contributed by atoms with Crippen LogP contribution < -0.4 is 19.1 Å². The Kier molecular flexibility index (Phi) is 4.27. The van der Waals surface area contributed by atoms with Gasteiger partial charge in [-0.3, -0.25) is 4.57 Å². The monoisotopic (exact) mass is 367 g/mol. The van der Waals surface area contributed by atoms with Gasteiger partial charge in [0.05, 0.1) is 39.8 Å². The molecule has 0 radical (unpaired) electrons. The number of hydrogen-bond donors (Lipinski definition) is 1. The predicted octanol–water partition coefficient (Wildman–Crippen LogP) is 3.12. The van der Waals surface area contributed by atoms with E-state index < -0.39 is 0 Å². The standard InChI is InChI=1S/C20H21N3O4/c1-25-14-6-4-13(5-7-14)10-22-11-15-16(23-12-18(24)21-20(22)23)8-9-17(26-2)19(15)27-3/h4-9,12,24H,10-11H2,1-3H3. The lowest BCUT2D eigenvalue weighted by molar-refractivity contribution is 0.350. The Labute approximate surface area is 157 Å². The zero-order valence-corrected chi connectivity index (χ0v) is 15.5. The molecule has 0 bridgehead atoms. The first-order chi connectivity index (χ1) is 13.1. The van der Waals surface area contributed by atoms with Crippen molar-refractivity contribution in [2.75, 3.05) is 26.2 Å². The maximum absolute atomic E-state index is 10.00. The molecule has 1 aliphatic heterocycles. The van der Waals surface area contributed by atoms with Crippen molar-refractivity contribution in [1.29, 1.82) is 0 Å². The highest BCUT2D eigenvalue weighted by Crippen LogP contribution is 2.41. The highest BCUT2D eigenvalue weighted by Gasteiger charge is 2.28. The molecular formula is C20H21N3O4. The highest BCUT2D eigenvalue weighted by molar-refractivity contribution is 5.64. The van der Waals surface area contributed by atoms with Crippen LogP contribution in [-0.2, 0) is 13.1 Å². The summed E-state index contributed by atoms with van der Waals surface area (Å²) < 4.78 is 18.2. The second-order valence-corrected chi connectivity index (χ2v) is 6.27. The average molecular weight is 367 g/mol. The molecule has 0 atom stereocenters. The number of fused-ring (bicyclic) bond motifs is 3. The molecule has 27 heavy (non-hydrogen) atoms. The fraction of sp³-hybridized carbons (Fsp3) is 0.250. The zero-order valence-electron chi connectivity index (χ0n) is 15.5. The van der Waals surface area contributed by atoms with E-state index in [9.17, 15) is 5.11 Å². The van der Waals surface area contributed by atoms with E-state index in [-0.39, 0.29) is 5.88 Å². The molecule has 2 heterocycles. The summed E-state index contributed by atoms with van der Waals surface area (Å²) in [6, 6.07) is 11.7. The molecule has 0 amide bonds. The van der Waals surface area contributed by atoms with E-state index in [1.165, 1.54) is 0 Å². The summed E-state index contributed by atoms with van der Waals surface area (Å²) >= 11 is 0. The average Bonchev–Trinajstić information content (AvgIpc) is 3.09. The van der Waals surface area contributed by atoms with E-state index in [1.807, 2.05) is 41.0 Å². The third-order valence-corrected chi connectivity index (χ3v) is 4.72. The molecule has 1 N–H and O–H groups in total.